The van der Waals surface area contributed by atoms with E-state index in [2.05, 4.69) is 38.2 Å². The molecule has 4 nitrogen and oxygen atoms in total. The summed E-state index contributed by atoms with van der Waals surface area (Å²) in [6.45, 7) is 10.7. The quantitative estimate of drug-likeness (QED) is 0.746. The van der Waals surface area contributed by atoms with Crippen molar-refractivity contribution in [3.63, 3.8) is 0 Å². The van der Waals surface area contributed by atoms with E-state index >= 15 is 0 Å². The second kappa shape index (κ2) is 8.67. The average molecular weight is 321 g/mol. The molecule has 0 amide bonds. The first kappa shape index (κ1) is 18.2. The summed E-state index contributed by atoms with van der Waals surface area (Å²) in [5, 5.41) is 3.58. The first-order valence-electron chi connectivity index (χ1n) is 8.53. The van der Waals surface area contributed by atoms with Gasteiger partial charge in [-0.25, -0.2) is 0 Å². The van der Waals surface area contributed by atoms with Crippen LogP contribution in [0, 0.1) is 11.3 Å². The predicted molar refractivity (Wildman–Crippen MR) is 92.8 cm³/mol. The van der Waals surface area contributed by atoms with Crippen molar-refractivity contribution >= 4 is 0 Å². The van der Waals surface area contributed by atoms with Gasteiger partial charge in [0.05, 0.1) is 12.7 Å². The molecule has 1 aromatic carbocycles. The second-order valence-corrected chi connectivity index (χ2v) is 7.33. The van der Waals surface area contributed by atoms with Crippen LogP contribution in [0.3, 0.4) is 0 Å². The monoisotopic (exact) mass is 321 g/mol. The van der Waals surface area contributed by atoms with Crippen molar-refractivity contribution in [3.8, 4) is 5.75 Å². The van der Waals surface area contributed by atoms with E-state index < -0.39 is 0 Å². The molecule has 1 aliphatic heterocycles. The van der Waals surface area contributed by atoms with Gasteiger partial charge in [0.1, 0.15) is 12.4 Å². The molecule has 4 heteroatoms. The molecular weight excluding hydrogens is 290 g/mol. The third-order valence-electron chi connectivity index (χ3n) is 4.26. The summed E-state index contributed by atoms with van der Waals surface area (Å²) in [6, 6.07) is 8.24. The zero-order valence-corrected chi connectivity index (χ0v) is 14.9. The third-order valence-corrected chi connectivity index (χ3v) is 4.26. The van der Waals surface area contributed by atoms with Gasteiger partial charge >= 0.3 is 0 Å². The van der Waals surface area contributed by atoms with E-state index in [1.54, 1.807) is 7.11 Å². The minimum absolute atomic E-state index is 0.206. The molecule has 2 atom stereocenters. The zero-order chi connectivity index (χ0) is 16.7. The van der Waals surface area contributed by atoms with Crippen LogP contribution in [-0.2, 0) is 16.0 Å². The highest BCUT2D eigenvalue weighted by Crippen LogP contribution is 2.34. The highest BCUT2D eigenvalue weighted by atomic mass is 16.5. The fraction of sp³-hybridized carbons (Fsp3) is 0.684. The fourth-order valence-corrected chi connectivity index (χ4v) is 3.19. The molecule has 1 saturated heterocycles. The first-order valence-corrected chi connectivity index (χ1v) is 8.53. The molecule has 0 saturated carbocycles. The molecular formula is C19H31NO3. The van der Waals surface area contributed by atoms with E-state index in [-0.39, 0.29) is 5.41 Å². The maximum Gasteiger partial charge on any atom is 0.119 e. The summed E-state index contributed by atoms with van der Waals surface area (Å²) < 4.78 is 16.6. The summed E-state index contributed by atoms with van der Waals surface area (Å²) in [5.74, 6) is 1.49. The molecule has 1 fully saturated rings. The Balaban J connectivity index is 1.78. The van der Waals surface area contributed by atoms with Crippen molar-refractivity contribution in [2.24, 2.45) is 11.3 Å². The Kier molecular flexibility index (Phi) is 6.88. The number of rotatable bonds is 8. The lowest BCUT2D eigenvalue weighted by molar-refractivity contribution is 0.00721. The molecule has 0 bridgehead atoms. The van der Waals surface area contributed by atoms with Gasteiger partial charge in [-0.2, -0.15) is 0 Å². The predicted octanol–water partition coefficient (Wildman–Crippen LogP) is 3.25. The van der Waals surface area contributed by atoms with Crippen LogP contribution < -0.4 is 10.1 Å². The molecule has 1 aliphatic rings. The van der Waals surface area contributed by atoms with Crippen molar-refractivity contribution < 1.29 is 14.2 Å². The molecule has 1 aromatic rings. The summed E-state index contributed by atoms with van der Waals surface area (Å²) >= 11 is 0. The van der Waals surface area contributed by atoms with Gasteiger partial charge in [-0.3, -0.25) is 0 Å². The Labute approximate surface area is 140 Å². The number of ether oxygens (including phenoxy) is 3. The number of methoxy groups -OCH3 is 1. The second-order valence-electron chi connectivity index (χ2n) is 7.33. The molecule has 1 N–H and O–H groups in total. The summed E-state index contributed by atoms with van der Waals surface area (Å²) in [5.41, 5.74) is 1.45. The zero-order valence-electron chi connectivity index (χ0n) is 14.9. The fourth-order valence-electron chi connectivity index (χ4n) is 3.19. The van der Waals surface area contributed by atoms with Crippen LogP contribution in [0.2, 0.25) is 0 Å². The van der Waals surface area contributed by atoms with E-state index in [4.69, 9.17) is 14.2 Å². The average Bonchev–Trinajstić information content (AvgIpc) is 2.97. The molecule has 0 radical (unpaired) electrons. The standard InChI is InChI=1S/C19H31NO3/c1-19(2,3)18-16(8-9-23-18)14-20-13-15-6-5-7-17(12-15)22-11-10-21-4/h5-7,12,16,18,20H,8-11,13-14H2,1-4H3/t16-,18+/m1/s1. The molecule has 130 valence electrons. The first-order chi connectivity index (χ1) is 11.0. The van der Waals surface area contributed by atoms with Crippen molar-refractivity contribution in [2.45, 2.75) is 39.8 Å². The van der Waals surface area contributed by atoms with E-state index in [9.17, 15) is 0 Å². The Hall–Kier alpha value is -1.10. The molecule has 0 aliphatic carbocycles. The third kappa shape index (κ3) is 5.79. The van der Waals surface area contributed by atoms with Crippen molar-refractivity contribution in [1.82, 2.24) is 5.32 Å². The van der Waals surface area contributed by atoms with Crippen molar-refractivity contribution in [3.05, 3.63) is 29.8 Å². The molecule has 1 heterocycles. The topological polar surface area (TPSA) is 39.7 Å². The summed E-state index contributed by atoms with van der Waals surface area (Å²) in [4.78, 5) is 0. The van der Waals surface area contributed by atoms with E-state index in [1.165, 1.54) is 5.56 Å². The Bertz CT molecular complexity index is 470. The molecule has 0 aromatic heterocycles. The number of hydrogen-bond acceptors (Lipinski definition) is 4. The lowest BCUT2D eigenvalue weighted by Crippen LogP contribution is -2.36. The van der Waals surface area contributed by atoms with Crippen LogP contribution in [0.5, 0.6) is 5.75 Å². The maximum absolute atomic E-state index is 5.93. The van der Waals surface area contributed by atoms with E-state index in [0.717, 1.165) is 31.9 Å². The van der Waals surface area contributed by atoms with Crippen LogP contribution in [0.25, 0.3) is 0 Å². The Morgan fingerprint density at radius 2 is 2.09 bits per heavy atom. The van der Waals surface area contributed by atoms with Crippen LogP contribution in [0.1, 0.15) is 32.8 Å². The Morgan fingerprint density at radius 3 is 2.83 bits per heavy atom. The van der Waals surface area contributed by atoms with Gasteiger partial charge in [0.25, 0.3) is 0 Å². The minimum atomic E-state index is 0.206. The highest BCUT2D eigenvalue weighted by molar-refractivity contribution is 5.28. The number of hydrogen-bond donors (Lipinski definition) is 1. The van der Waals surface area contributed by atoms with E-state index in [1.807, 2.05) is 12.1 Å². The SMILES string of the molecule is COCCOc1cccc(CNC[C@H]2CCO[C@@H]2C(C)(C)C)c1. The molecule has 23 heavy (non-hydrogen) atoms. The van der Waals surface area contributed by atoms with Crippen LogP contribution >= 0.6 is 0 Å². The summed E-state index contributed by atoms with van der Waals surface area (Å²) in [6.07, 6.45) is 1.49. The molecule has 0 unspecified atom stereocenters. The number of nitrogens with one attached hydrogen (secondary N) is 1. The van der Waals surface area contributed by atoms with Gasteiger partial charge < -0.3 is 19.5 Å². The van der Waals surface area contributed by atoms with Gasteiger partial charge in [0.15, 0.2) is 0 Å². The lowest BCUT2D eigenvalue weighted by atomic mass is 9.81. The largest absolute Gasteiger partial charge is 0.491 e. The Morgan fingerprint density at radius 1 is 1.26 bits per heavy atom. The normalized spacial score (nSPS) is 21.6. The van der Waals surface area contributed by atoms with Crippen LogP contribution in [0.15, 0.2) is 24.3 Å². The van der Waals surface area contributed by atoms with Crippen molar-refractivity contribution in [1.29, 1.82) is 0 Å². The smallest absolute Gasteiger partial charge is 0.119 e. The highest BCUT2D eigenvalue weighted by Gasteiger charge is 2.36. The van der Waals surface area contributed by atoms with Gasteiger partial charge in [-0.1, -0.05) is 32.9 Å². The lowest BCUT2D eigenvalue weighted by Gasteiger charge is -2.31. The van der Waals surface area contributed by atoms with Gasteiger partial charge in [-0.05, 0) is 29.5 Å². The minimum Gasteiger partial charge on any atom is -0.491 e. The van der Waals surface area contributed by atoms with Gasteiger partial charge in [0.2, 0.25) is 0 Å². The van der Waals surface area contributed by atoms with Crippen molar-refractivity contribution in [2.75, 3.05) is 33.5 Å². The summed E-state index contributed by atoms with van der Waals surface area (Å²) in [7, 11) is 1.68. The van der Waals surface area contributed by atoms with Crippen LogP contribution in [0.4, 0.5) is 0 Å². The maximum atomic E-state index is 5.93. The van der Waals surface area contributed by atoms with Crippen LogP contribution in [-0.4, -0.2) is 39.6 Å². The number of benzene rings is 1. The molecule has 2 rings (SSSR count). The van der Waals surface area contributed by atoms with Gasteiger partial charge in [0, 0.05) is 32.7 Å². The van der Waals surface area contributed by atoms with E-state index in [0.29, 0.717) is 25.2 Å². The molecule has 0 spiro atoms. The van der Waals surface area contributed by atoms with Gasteiger partial charge in [-0.15, -0.1) is 0 Å².